The van der Waals surface area contributed by atoms with Gasteiger partial charge in [0.05, 0.1) is 4.92 Å². The van der Waals surface area contributed by atoms with Gasteiger partial charge in [0.15, 0.2) is 11.9 Å². The molecule has 1 saturated heterocycles. The lowest BCUT2D eigenvalue weighted by Gasteiger charge is -2.28. The number of hydrogen-bond donors (Lipinski definition) is 2. The molecule has 1 fully saturated rings. The molecular formula is C12H12N4O3. The Morgan fingerprint density at radius 3 is 2.74 bits per heavy atom. The van der Waals surface area contributed by atoms with Gasteiger partial charge in [-0.15, -0.1) is 0 Å². The molecule has 98 valence electrons. The van der Waals surface area contributed by atoms with E-state index in [2.05, 4.69) is 10.6 Å². The first-order valence-electron chi connectivity index (χ1n) is 5.94. The second kappa shape index (κ2) is 4.27. The van der Waals surface area contributed by atoms with E-state index in [1.165, 1.54) is 4.90 Å². The summed E-state index contributed by atoms with van der Waals surface area (Å²) in [6.45, 7) is 0.974. The van der Waals surface area contributed by atoms with E-state index in [-0.39, 0.29) is 11.7 Å². The summed E-state index contributed by atoms with van der Waals surface area (Å²) in [5, 5.41) is 16.9. The molecule has 0 bridgehead atoms. The van der Waals surface area contributed by atoms with Crippen LogP contribution in [0.4, 0.5) is 4.79 Å². The second-order valence-electron chi connectivity index (χ2n) is 4.36. The van der Waals surface area contributed by atoms with Gasteiger partial charge in [-0.25, -0.2) is 4.79 Å². The summed E-state index contributed by atoms with van der Waals surface area (Å²) in [5.74, 6) is 0.308. The molecule has 2 aliphatic heterocycles. The van der Waals surface area contributed by atoms with Gasteiger partial charge in [0.2, 0.25) is 0 Å². The van der Waals surface area contributed by atoms with E-state index in [4.69, 9.17) is 0 Å². The molecule has 2 aliphatic rings. The Kier molecular flexibility index (Phi) is 2.59. The molecule has 1 unspecified atom stereocenters. The smallest absolute Gasteiger partial charge is 0.324 e. The molecule has 0 aliphatic carbocycles. The Balaban J connectivity index is 2.11. The molecule has 7 nitrogen and oxygen atoms in total. The molecule has 0 saturated carbocycles. The van der Waals surface area contributed by atoms with Gasteiger partial charge in [0, 0.05) is 13.1 Å². The first-order valence-corrected chi connectivity index (χ1v) is 5.94. The molecule has 0 aromatic heterocycles. The van der Waals surface area contributed by atoms with Crippen LogP contribution in [-0.4, -0.2) is 28.9 Å². The Bertz CT molecular complexity index is 570. The molecule has 1 atom stereocenters. The number of carbonyl (C=O) groups excluding carboxylic acids is 1. The van der Waals surface area contributed by atoms with Crippen LogP contribution in [0.15, 0.2) is 41.8 Å². The Hall–Kier alpha value is -2.57. The fourth-order valence-electron chi connectivity index (χ4n) is 2.41. The number of nitrogens with zero attached hydrogens (tertiary/aromatic N) is 2. The second-order valence-corrected chi connectivity index (χ2v) is 4.36. The van der Waals surface area contributed by atoms with E-state index in [0.717, 1.165) is 0 Å². The summed E-state index contributed by atoms with van der Waals surface area (Å²) in [4.78, 5) is 24.2. The lowest BCUT2D eigenvalue weighted by atomic mass is 10.0. The maximum Gasteiger partial charge on any atom is 0.324 e. The van der Waals surface area contributed by atoms with Crippen molar-refractivity contribution in [1.82, 2.24) is 15.5 Å². The van der Waals surface area contributed by atoms with Crippen LogP contribution in [0.5, 0.6) is 0 Å². The maximum absolute atomic E-state index is 11.9. The maximum atomic E-state index is 11.9. The third kappa shape index (κ3) is 1.79. The molecule has 2 N–H and O–H groups in total. The van der Waals surface area contributed by atoms with E-state index in [1.54, 1.807) is 24.3 Å². The molecule has 0 radical (unpaired) electrons. The monoisotopic (exact) mass is 260 g/mol. The van der Waals surface area contributed by atoms with Gasteiger partial charge in [-0.1, -0.05) is 30.3 Å². The number of carbonyl (C=O) groups is 1. The average molecular weight is 260 g/mol. The van der Waals surface area contributed by atoms with Crippen LogP contribution in [0, 0.1) is 10.1 Å². The van der Waals surface area contributed by atoms with E-state index < -0.39 is 11.0 Å². The molecule has 7 heteroatoms. The van der Waals surface area contributed by atoms with Crippen molar-refractivity contribution in [3.8, 4) is 0 Å². The number of rotatable bonds is 2. The van der Waals surface area contributed by atoms with Crippen LogP contribution in [0.2, 0.25) is 0 Å². The summed E-state index contributed by atoms with van der Waals surface area (Å²) in [7, 11) is 0. The summed E-state index contributed by atoms with van der Waals surface area (Å²) >= 11 is 0. The highest BCUT2D eigenvalue weighted by Gasteiger charge is 2.43. The summed E-state index contributed by atoms with van der Waals surface area (Å²) in [6.07, 6.45) is 0. The Morgan fingerprint density at radius 1 is 1.32 bits per heavy atom. The number of nitrogens with one attached hydrogen (secondary N) is 2. The van der Waals surface area contributed by atoms with Crippen LogP contribution in [-0.2, 0) is 0 Å². The normalized spacial score (nSPS) is 21.8. The van der Waals surface area contributed by atoms with Crippen LogP contribution in [0.3, 0.4) is 0 Å². The predicted molar refractivity (Wildman–Crippen MR) is 66.4 cm³/mol. The number of nitro groups is 1. The minimum absolute atomic E-state index is 0.0108. The fraction of sp³-hybridized carbons (Fsp3) is 0.250. The van der Waals surface area contributed by atoms with Crippen LogP contribution >= 0.6 is 0 Å². The van der Waals surface area contributed by atoms with E-state index in [0.29, 0.717) is 24.5 Å². The van der Waals surface area contributed by atoms with Gasteiger partial charge < -0.3 is 10.6 Å². The van der Waals surface area contributed by atoms with Crippen molar-refractivity contribution in [3.05, 3.63) is 57.5 Å². The lowest BCUT2D eigenvalue weighted by Crippen LogP contribution is -2.47. The van der Waals surface area contributed by atoms with Crippen LogP contribution in [0.25, 0.3) is 0 Å². The zero-order valence-corrected chi connectivity index (χ0v) is 10.00. The number of amides is 2. The highest BCUT2D eigenvalue weighted by atomic mass is 16.6. The zero-order chi connectivity index (χ0) is 13.4. The number of urea groups is 1. The SMILES string of the molecule is O=C1NC(c2ccccc2)C([N+](=O)[O-])=C2NCCN12. The van der Waals surface area contributed by atoms with Crippen molar-refractivity contribution in [2.75, 3.05) is 13.1 Å². The standard InChI is InChI=1S/C12H12N4O3/c17-12-14-9(8-4-2-1-3-5-8)10(16(18)19)11-13-6-7-15(11)12/h1-5,9,13H,6-7H2,(H,14,17). The van der Waals surface area contributed by atoms with Crippen molar-refractivity contribution >= 4 is 6.03 Å². The number of hydrogen-bond acceptors (Lipinski definition) is 4. The first kappa shape index (κ1) is 11.5. The molecule has 0 spiro atoms. The minimum atomic E-state index is -0.722. The van der Waals surface area contributed by atoms with Gasteiger partial charge >= 0.3 is 11.7 Å². The number of benzene rings is 1. The van der Waals surface area contributed by atoms with Crippen molar-refractivity contribution in [1.29, 1.82) is 0 Å². The first-order chi connectivity index (χ1) is 9.18. The van der Waals surface area contributed by atoms with Crippen molar-refractivity contribution in [3.63, 3.8) is 0 Å². The van der Waals surface area contributed by atoms with Crippen molar-refractivity contribution < 1.29 is 9.72 Å². The number of fused-ring (bicyclic) bond motifs is 1. The molecule has 3 rings (SSSR count). The molecular weight excluding hydrogens is 248 g/mol. The predicted octanol–water partition coefficient (Wildman–Crippen LogP) is 0.802. The highest BCUT2D eigenvalue weighted by Crippen LogP contribution is 2.30. The fourth-order valence-corrected chi connectivity index (χ4v) is 2.41. The van der Waals surface area contributed by atoms with Gasteiger partial charge in [0.25, 0.3) is 0 Å². The summed E-state index contributed by atoms with van der Waals surface area (Å²) < 4.78 is 0. The lowest BCUT2D eigenvalue weighted by molar-refractivity contribution is -0.434. The van der Waals surface area contributed by atoms with Gasteiger partial charge in [0.1, 0.15) is 0 Å². The van der Waals surface area contributed by atoms with Gasteiger partial charge in [-0.05, 0) is 5.56 Å². The Labute approximate surface area is 109 Å². The van der Waals surface area contributed by atoms with Crippen LogP contribution < -0.4 is 10.6 Å². The quantitative estimate of drug-likeness (QED) is 0.608. The summed E-state index contributed by atoms with van der Waals surface area (Å²) in [6, 6.07) is 7.91. The van der Waals surface area contributed by atoms with Crippen molar-refractivity contribution in [2.24, 2.45) is 0 Å². The van der Waals surface area contributed by atoms with Gasteiger partial charge in [-0.2, -0.15) is 0 Å². The topological polar surface area (TPSA) is 87.5 Å². The van der Waals surface area contributed by atoms with Crippen molar-refractivity contribution in [2.45, 2.75) is 6.04 Å². The zero-order valence-electron chi connectivity index (χ0n) is 10.00. The van der Waals surface area contributed by atoms with E-state index >= 15 is 0 Å². The highest BCUT2D eigenvalue weighted by molar-refractivity contribution is 5.79. The summed E-state index contributed by atoms with van der Waals surface area (Å²) in [5.41, 5.74) is 0.687. The molecule has 1 aromatic carbocycles. The van der Waals surface area contributed by atoms with Crippen LogP contribution in [0.1, 0.15) is 11.6 Å². The van der Waals surface area contributed by atoms with Gasteiger partial charge in [-0.3, -0.25) is 15.0 Å². The molecule has 2 heterocycles. The molecule has 2 amide bonds. The minimum Gasteiger partial charge on any atom is -0.364 e. The van der Waals surface area contributed by atoms with E-state index in [9.17, 15) is 14.9 Å². The molecule has 19 heavy (non-hydrogen) atoms. The average Bonchev–Trinajstić information content (AvgIpc) is 2.88. The Morgan fingerprint density at radius 2 is 2.05 bits per heavy atom. The third-order valence-corrected chi connectivity index (χ3v) is 3.26. The van der Waals surface area contributed by atoms with E-state index in [1.807, 2.05) is 6.07 Å². The largest absolute Gasteiger partial charge is 0.364 e. The third-order valence-electron chi connectivity index (χ3n) is 3.26. The molecule has 1 aromatic rings.